The van der Waals surface area contributed by atoms with Crippen molar-refractivity contribution in [3.8, 4) is 0 Å². The molecule has 0 amide bonds. The highest BCUT2D eigenvalue weighted by Gasteiger charge is 2.25. The molecule has 0 aromatic heterocycles. The van der Waals surface area contributed by atoms with Crippen molar-refractivity contribution in [3.05, 3.63) is 40.5 Å². The van der Waals surface area contributed by atoms with Crippen LogP contribution in [0.5, 0.6) is 0 Å². The van der Waals surface area contributed by atoms with Gasteiger partial charge in [-0.05, 0) is 75.9 Å². The molecule has 20 heavy (non-hydrogen) atoms. The van der Waals surface area contributed by atoms with Crippen LogP contribution < -0.4 is 5.32 Å². The van der Waals surface area contributed by atoms with Gasteiger partial charge in [0.15, 0.2) is 5.78 Å². The molecule has 108 valence electrons. The first-order chi connectivity index (χ1) is 9.56. The molecule has 0 unspecified atom stereocenters. The summed E-state index contributed by atoms with van der Waals surface area (Å²) in [5.74, 6) is 0.504. The molecule has 0 spiro atoms. The minimum absolute atomic E-state index is 0.184. The SMILES string of the molecule is C/C=C(/C(=O)C1CCNCC1)c1ccc(C)c(C)c1C. The Morgan fingerprint density at radius 2 is 1.80 bits per heavy atom. The molecule has 0 aliphatic carbocycles. The molecule has 0 radical (unpaired) electrons. The highest BCUT2D eigenvalue weighted by atomic mass is 16.1. The lowest BCUT2D eigenvalue weighted by Crippen LogP contribution is -2.32. The van der Waals surface area contributed by atoms with E-state index < -0.39 is 0 Å². The highest BCUT2D eigenvalue weighted by Crippen LogP contribution is 2.28. The van der Waals surface area contributed by atoms with Gasteiger partial charge in [-0.15, -0.1) is 0 Å². The number of allylic oxidation sites excluding steroid dienone is 2. The van der Waals surface area contributed by atoms with Gasteiger partial charge in [0.25, 0.3) is 0 Å². The first kappa shape index (κ1) is 15.0. The van der Waals surface area contributed by atoms with Crippen molar-refractivity contribution in [1.82, 2.24) is 5.32 Å². The van der Waals surface area contributed by atoms with Crippen molar-refractivity contribution in [2.45, 2.75) is 40.5 Å². The number of Topliss-reactive ketones (excluding diaryl/α,β-unsaturated/α-hetero) is 1. The van der Waals surface area contributed by atoms with Crippen LogP contribution in [0.15, 0.2) is 18.2 Å². The molecular formula is C18H25NO. The molecule has 2 rings (SSSR count). The van der Waals surface area contributed by atoms with Gasteiger partial charge in [0, 0.05) is 11.5 Å². The molecule has 1 heterocycles. The summed E-state index contributed by atoms with van der Waals surface area (Å²) in [6.45, 7) is 10.3. The molecule has 1 saturated heterocycles. The predicted octanol–water partition coefficient (Wildman–Crippen LogP) is 3.58. The smallest absolute Gasteiger partial charge is 0.166 e. The summed E-state index contributed by atoms with van der Waals surface area (Å²) in [7, 11) is 0. The summed E-state index contributed by atoms with van der Waals surface area (Å²) in [6, 6.07) is 4.23. The lowest BCUT2D eigenvalue weighted by molar-refractivity contribution is -0.118. The summed E-state index contributed by atoms with van der Waals surface area (Å²) in [5, 5.41) is 3.32. The van der Waals surface area contributed by atoms with Crippen molar-refractivity contribution >= 4 is 11.4 Å². The quantitative estimate of drug-likeness (QED) is 0.851. The average molecular weight is 271 g/mol. The standard InChI is InChI=1S/C18H25NO/c1-5-16(18(20)15-8-10-19-11-9-15)17-7-6-12(2)13(3)14(17)4/h5-7,15,19H,8-11H2,1-4H3/b16-5+. The number of carbonyl (C=O) groups is 1. The van der Waals surface area contributed by atoms with E-state index in [1.54, 1.807) is 0 Å². The summed E-state index contributed by atoms with van der Waals surface area (Å²) in [4.78, 5) is 12.8. The predicted molar refractivity (Wildman–Crippen MR) is 84.9 cm³/mol. The monoisotopic (exact) mass is 271 g/mol. The molecule has 0 atom stereocenters. The minimum Gasteiger partial charge on any atom is -0.317 e. The Morgan fingerprint density at radius 1 is 1.15 bits per heavy atom. The lowest BCUT2D eigenvalue weighted by Gasteiger charge is -2.23. The van der Waals surface area contributed by atoms with Crippen LogP contribution in [0.1, 0.15) is 42.0 Å². The minimum atomic E-state index is 0.184. The Kier molecular flexibility index (Phi) is 4.77. The Labute approximate surface area is 122 Å². The second kappa shape index (κ2) is 6.36. The third-order valence-electron chi connectivity index (χ3n) is 4.61. The van der Waals surface area contributed by atoms with Gasteiger partial charge in [-0.2, -0.15) is 0 Å². The Morgan fingerprint density at radius 3 is 2.40 bits per heavy atom. The summed E-state index contributed by atoms with van der Waals surface area (Å²) >= 11 is 0. The van der Waals surface area contributed by atoms with Crippen LogP contribution >= 0.6 is 0 Å². The van der Waals surface area contributed by atoms with Crippen LogP contribution in [0.2, 0.25) is 0 Å². The fourth-order valence-corrected chi connectivity index (χ4v) is 2.98. The zero-order chi connectivity index (χ0) is 14.7. The molecule has 1 fully saturated rings. The van der Waals surface area contributed by atoms with Crippen molar-refractivity contribution in [1.29, 1.82) is 0 Å². The molecular weight excluding hydrogens is 246 g/mol. The van der Waals surface area contributed by atoms with Gasteiger partial charge in [0.05, 0.1) is 0 Å². The fraction of sp³-hybridized carbons (Fsp3) is 0.500. The molecule has 2 nitrogen and oxygen atoms in total. The third kappa shape index (κ3) is 2.85. The van der Waals surface area contributed by atoms with Gasteiger partial charge >= 0.3 is 0 Å². The number of carbonyl (C=O) groups excluding carboxylic acids is 1. The number of benzene rings is 1. The second-order valence-corrected chi connectivity index (χ2v) is 5.77. The van der Waals surface area contributed by atoms with Crippen LogP contribution in [0.4, 0.5) is 0 Å². The number of ketones is 1. The number of hydrogen-bond donors (Lipinski definition) is 1. The number of rotatable bonds is 3. The van der Waals surface area contributed by atoms with E-state index >= 15 is 0 Å². The Hall–Kier alpha value is -1.41. The fourth-order valence-electron chi connectivity index (χ4n) is 2.98. The summed E-state index contributed by atoms with van der Waals surface area (Å²) in [5.41, 5.74) is 5.83. The first-order valence-corrected chi connectivity index (χ1v) is 7.54. The number of piperidine rings is 1. The average Bonchev–Trinajstić information content (AvgIpc) is 2.48. The zero-order valence-corrected chi connectivity index (χ0v) is 13.0. The van der Waals surface area contributed by atoms with Crippen LogP contribution in [-0.2, 0) is 4.79 Å². The second-order valence-electron chi connectivity index (χ2n) is 5.77. The Bertz CT molecular complexity index is 537. The number of nitrogens with one attached hydrogen (secondary N) is 1. The van der Waals surface area contributed by atoms with Gasteiger partial charge in [-0.1, -0.05) is 18.2 Å². The van der Waals surface area contributed by atoms with Crippen molar-refractivity contribution in [2.75, 3.05) is 13.1 Å². The highest BCUT2D eigenvalue weighted by molar-refractivity contribution is 6.22. The van der Waals surface area contributed by atoms with Crippen molar-refractivity contribution in [3.63, 3.8) is 0 Å². The number of aryl methyl sites for hydroxylation is 1. The third-order valence-corrected chi connectivity index (χ3v) is 4.61. The maximum Gasteiger partial charge on any atom is 0.166 e. The van der Waals surface area contributed by atoms with E-state index in [0.717, 1.165) is 37.1 Å². The number of hydrogen-bond acceptors (Lipinski definition) is 2. The van der Waals surface area contributed by atoms with E-state index in [2.05, 4.69) is 38.2 Å². The van der Waals surface area contributed by atoms with E-state index in [0.29, 0.717) is 5.78 Å². The molecule has 0 bridgehead atoms. The largest absolute Gasteiger partial charge is 0.317 e. The van der Waals surface area contributed by atoms with Crippen LogP contribution in [-0.4, -0.2) is 18.9 Å². The van der Waals surface area contributed by atoms with E-state index in [4.69, 9.17) is 0 Å². The normalized spacial score (nSPS) is 17.3. The lowest BCUT2D eigenvalue weighted by atomic mass is 9.84. The Balaban J connectivity index is 2.33. The molecule has 1 aromatic rings. The topological polar surface area (TPSA) is 29.1 Å². The van der Waals surface area contributed by atoms with Crippen molar-refractivity contribution in [2.24, 2.45) is 5.92 Å². The van der Waals surface area contributed by atoms with E-state index in [1.807, 2.05) is 13.0 Å². The van der Waals surface area contributed by atoms with E-state index in [9.17, 15) is 4.79 Å². The molecule has 1 N–H and O–H groups in total. The molecule has 1 aromatic carbocycles. The summed E-state index contributed by atoms with van der Waals surface area (Å²) < 4.78 is 0. The van der Waals surface area contributed by atoms with E-state index in [1.165, 1.54) is 16.7 Å². The van der Waals surface area contributed by atoms with Crippen molar-refractivity contribution < 1.29 is 4.79 Å². The summed E-state index contributed by atoms with van der Waals surface area (Å²) in [6.07, 6.45) is 3.90. The van der Waals surface area contributed by atoms with Gasteiger partial charge in [-0.3, -0.25) is 4.79 Å². The molecule has 2 heteroatoms. The van der Waals surface area contributed by atoms with Gasteiger partial charge in [0.1, 0.15) is 0 Å². The maximum absolute atomic E-state index is 12.8. The first-order valence-electron chi connectivity index (χ1n) is 7.54. The van der Waals surface area contributed by atoms with Gasteiger partial charge in [0.2, 0.25) is 0 Å². The van der Waals surface area contributed by atoms with E-state index in [-0.39, 0.29) is 5.92 Å². The van der Waals surface area contributed by atoms with Gasteiger partial charge in [-0.25, -0.2) is 0 Å². The van der Waals surface area contributed by atoms with Crippen LogP contribution in [0, 0.1) is 26.7 Å². The van der Waals surface area contributed by atoms with Gasteiger partial charge < -0.3 is 5.32 Å². The molecule has 1 aliphatic heterocycles. The van der Waals surface area contributed by atoms with Crippen LogP contribution in [0.3, 0.4) is 0 Å². The zero-order valence-electron chi connectivity index (χ0n) is 13.0. The molecule has 0 saturated carbocycles. The van der Waals surface area contributed by atoms with Crippen LogP contribution in [0.25, 0.3) is 5.57 Å². The maximum atomic E-state index is 12.8. The molecule has 1 aliphatic rings.